The highest BCUT2D eigenvalue weighted by atomic mass is 16.6. The molecular formula is C28H56O4. The Morgan fingerprint density at radius 3 is 1.34 bits per heavy atom. The van der Waals surface area contributed by atoms with Crippen LogP contribution in [0.2, 0.25) is 0 Å². The standard InChI is InChI=1S/C28H56O4/c1-4-6-8-10-12-14-16-18-20-22-24-27(32-26(3)29)28(30,31)25-23-21-19-17-15-13-11-9-7-5-2/h27,30-31H,4-25H2,1-3H3. The van der Waals surface area contributed by atoms with E-state index in [4.69, 9.17) is 4.74 Å². The van der Waals surface area contributed by atoms with Gasteiger partial charge in [-0.3, -0.25) is 4.79 Å². The van der Waals surface area contributed by atoms with Crippen molar-refractivity contribution in [2.45, 2.75) is 174 Å². The van der Waals surface area contributed by atoms with Crippen LogP contribution in [-0.2, 0) is 9.53 Å². The lowest BCUT2D eigenvalue weighted by atomic mass is 9.96. The molecule has 1 unspecified atom stereocenters. The van der Waals surface area contributed by atoms with Gasteiger partial charge in [-0.1, -0.05) is 129 Å². The largest absolute Gasteiger partial charge is 0.457 e. The number of ether oxygens (including phenoxy) is 1. The van der Waals surface area contributed by atoms with Gasteiger partial charge in [0.25, 0.3) is 0 Å². The zero-order valence-electron chi connectivity index (χ0n) is 21.8. The molecular weight excluding hydrogens is 400 g/mol. The molecule has 32 heavy (non-hydrogen) atoms. The molecule has 0 aromatic rings. The fraction of sp³-hybridized carbons (Fsp3) is 0.964. The maximum Gasteiger partial charge on any atom is 0.303 e. The molecule has 0 rings (SSSR count). The highest BCUT2D eigenvalue weighted by molar-refractivity contribution is 5.66. The molecule has 0 saturated heterocycles. The summed E-state index contributed by atoms with van der Waals surface area (Å²) in [7, 11) is 0. The Morgan fingerprint density at radius 1 is 0.625 bits per heavy atom. The molecule has 0 heterocycles. The van der Waals surface area contributed by atoms with Gasteiger partial charge < -0.3 is 14.9 Å². The first kappa shape index (κ1) is 31.4. The molecule has 0 aromatic heterocycles. The van der Waals surface area contributed by atoms with Gasteiger partial charge in [0.2, 0.25) is 5.79 Å². The van der Waals surface area contributed by atoms with Gasteiger partial charge in [0, 0.05) is 13.3 Å². The second-order valence-corrected chi connectivity index (χ2v) is 9.88. The monoisotopic (exact) mass is 456 g/mol. The van der Waals surface area contributed by atoms with E-state index >= 15 is 0 Å². The normalized spacial score (nSPS) is 12.8. The lowest BCUT2D eigenvalue weighted by molar-refractivity contribution is -0.241. The molecule has 0 saturated carbocycles. The Hall–Kier alpha value is -0.610. The molecule has 0 bridgehead atoms. The molecule has 0 aliphatic heterocycles. The van der Waals surface area contributed by atoms with E-state index in [1.54, 1.807) is 0 Å². The third kappa shape index (κ3) is 20.0. The van der Waals surface area contributed by atoms with Gasteiger partial charge in [-0.25, -0.2) is 0 Å². The summed E-state index contributed by atoms with van der Waals surface area (Å²) in [6.07, 6.45) is 24.3. The fourth-order valence-corrected chi connectivity index (χ4v) is 4.44. The van der Waals surface area contributed by atoms with Gasteiger partial charge in [0.15, 0.2) is 6.10 Å². The smallest absolute Gasteiger partial charge is 0.303 e. The van der Waals surface area contributed by atoms with Crippen LogP contribution in [0.4, 0.5) is 0 Å². The van der Waals surface area contributed by atoms with E-state index in [2.05, 4.69) is 13.8 Å². The van der Waals surface area contributed by atoms with Gasteiger partial charge in [-0.15, -0.1) is 0 Å². The summed E-state index contributed by atoms with van der Waals surface area (Å²) >= 11 is 0. The quantitative estimate of drug-likeness (QED) is 0.0872. The van der Waals surface area contributed by atoms with Crippen molar-refractivity contribution in [2.75, 3.05) is 0 Å². The molecule has 2 N–H and O–H groups in total. The number of carbonyl (C=O) groups is 1. The van der Waals surface area contributed by atoms with E-state index in [0.29, 0.717) is 6.42 Å². The predicted octanol–water partition coefficient (Wildman–Crippen LogP) is 8.22. The molecule has 0 aromatic carbocycles. The van der Waals surface area contributed by atoms with Crippen molar-refractivity contribution in [3.05, 3.63) is 0 Å². The SMILES string of the molecule is CCCCCCCCCCCCC(OC(C)=O)C(O)(O)CCCCCCCCCCCC. The van der Waals surface area contributed by atoms with Gasteiger partial charge in [0.1, 0.15) is 0 Å². The van der Waals surface area contributed by atoms with Crippen molar-refractivity contribution in [3.8, 4) is 0 Å². The van der Waals surface area contributed by atoms with Crippen LogP contribution in [0.5, 0.6) is 0 Å². The minimum atomic E-state index is -1.91. The van der Waals surface area contributed by atoms with Crippen LogP contribution in [0.1, 0.15) is 162 Å². The molecule has 4 heteroatoms. The predicted molar refractivity (Wildman–Crippen MR) is 136 cm³/mol. The van der Waals surface area contributed by atoms with Gasteiger partial charge >= 0.3 is 5.97 Å². The number of rotatable bonds is 24. The van der Waals surface area contributed by atoms with E-state index in [0.717, 1.165) is 32.1 Å². The van der Waals surface area contributed by atoms with Crippen LogP contribution >= 0.6 is 0 Å². The summed E-state index contributed by atoms with van der Waals surface area (Å²) in [5, 5.41) is 21.1. The van der Waals surface area contributed by atoms with Crippen molar-refractivity contribution < 1.29 is 19.7 Å². The number of unbranched alkanes of at least 4 members (excludes halogenated alkanes) is 18. The molecule has 0 amide bonds. The van der Waals surface area contributed by atoms with Crippen molar-refractivity contribution in [1.82, 2.24) is 0 Å². The Balaban J connectivity index is 3.93. The van der Waals surface area contributed by atoms with E-state index < -0.39 is 17.9 Å². The second-order valence-electron chi connectivity index (χ2n) is 9.88. The van der Waals surface area contributed by atoms with E-state index in [1.165, 1.54) is 103 Å². The van der Waals surface area contributed by atoms with Crippen LogP contribution in [-0.4, -0.2) is 28.1 Å². The maximum absolute atomic E-state index is 11.5. The van der Waals surface area contributed by atoms with Gasteiger partial charge in [-0.2, -0.15) is 0 Å². The molecule has 0 aliphatic carbocycles. The molecule has 4 nitrogen and oxygen atoms in total. The Kier molecular flexibility index (Phi) is 21.8. The summed E-state index contributed by atoms with van der Waals surface area (Å²) in [5.74, 6) is -2.34. The molecule has 0 aliphatic rings. The second kappa shape index (κ2) is 22.2. The lowest BCUT2D eigenvalue weighted by Gasteiger charge is -2.31. The van der Waals surface area contributed by atoms with Crippen molar-refractivity contribution in [2.24, 2.45) is 0 Å². The van der Waals surface area contributed by atoms with Crippen molar-refractivity contribution >= 4 is 5.97 Å². The highest BCUT2D eigenvalue weighted by Crippen LogP contribution is 2.25. The first-order valence-electron chi connectivity index (χ1n) is 14.1. The number of hydrogen-bond donors (Lipinski definition) is 2. The number of carbonyl (C=O) groups excluding carboxylic acids is 1. The summed E-state index contributed by atoms with van der Waals surface area (Å²) in [6, 6.07) is 0. The fourth-order valence-electron chi connectivity index (χ4n) is 4.44. The van der Waals surface area contributed by atoms with Crippen LogP contribution < -0.4 is 0 Å². The first-order chi connectivity index (χ1) is 15.4. The maximum atomic E-state index is 11.5. The molecule has 0 spiro atoms. The Morgan fingerprint density at radius 2 is 0.969 bits per heavy atom. The zero-order valence-corrected chi connectivity index (χ0v) is 21.8. The summed E-state index contributed by atoms with van der Waals surface area (Å²) in [4.78, 5) is 11.5. The summed E-state index contributed by atoms with van der Waals surface area (Å²) < 4.78 is 5.30. The van der Waals surface area contributed by atoms with Crippen LogP contribution in [0.3, 0.4) is 0 Å². The first-order valence-corrected chi connectivity index (χ1v) is 14.1. The van der Waals surface area contributed by atoms with Crippen LogP contribution in [0, 0.1) is 0 Å². The molecule has 192 valence electrons. The van der Waals surface area contributed by atoms with E-state index in [9.17, 15) is 15.0 Å². The van der Waals surface area contributed by atoms with E-state index in [1.807, 2.05) is 0 Å². The van der Waals surface area contributed by atoms with Gasteiger partial charge in [0.05, 0.1) is 0 Å². The highest BCUT2D eigenvalue weighted by Gasteiger charge is 2.36. The lowest BCUT2D eigenvalue weighted by Crippen LogP contribution is -2.44. The average molecular weight is 457 g/mol. The number of esters is 1. The van der Waals surface area contributed by atoms with E-state index in [-0.39, 0.29) is 6.42 Å². The average Bonchev–Trinajstić information content (AvgIpc) is 2.75. The third-order valence-corrected chi connectivity index (χ3v) is 6.54. The molecule has 0 radical (unpaired) electrons. The summed E-state index contributed by atoms with van der Waals surface area (Å²) in [5.41, 5.74) is 0. The Labute approximate surface area is 199 Å². The third-order valence-electron chi connectivity index (χ3n) is 6.54. The summed E-state index contributed by atoms with van der Waals surface area (Å²) in [6.45, 7) is 5.83. The zero-order chi connectivity index (χ0) is 23.9. The number of hydrogen-bond acceptors (Lipinski definition) is 4. The Bertz CT molecular complexity index is 408. The van der Waals surface area contributed by atoms with Gasteiger partial charge in [-0.05, 0) is 19.3 Å². The van der Waals surface area contributed by atoms with Crippen molar-refractivity contribution in [1.29, 1.82) is 0 Å². The van der Waals surface area contributed by atoms with Crippen LogP contribution in [0.25, 0.3) is 0 Å². The number of aliphatic hydroxyl groups is 2. The van der Waals surface area contributed by atoms with Crippen LogP contribution in [0.15, 0.2) is 0 Å². The minimum Gasteiger partial charge on any atom is -0.457 e. The van der Waals surface area contributed by atoms with Crippen molar-refractivity contribution in [3.63, 3.8) is 0 Å². The topological polar surface area (TPSA) is 66.8 Å². The minimum absolute atomic E-state index is 0.277. The molecule has 0 fully saturated rings. The molecule has 1 atom stereocenters.